The second kappa shape index (κ2) is 17.7. The highest BCUT2D eigenvalue weighted by molar-refractivity contribution is 6.31. The minimum atomic E-state index is -2.10. The fraction of sp³-hybridized carbons (Fsp3) is 0.487. The molecule has 2 heterocycles. The van der Waals surface area contributed by atoms with Crippen molar-refractivity contribution >= 4 is 47.3 Å². The summed E-state index contributed by atoms with van der Waals surface area (Å²) in [5.74, 6) is -3.91. The van der Waals surface area contributed by atoms with Gasteiger partial charge in [-0.1, -0.05) is 26.0 Å². The third-order valence-electron chi connectivity index (χ3n) is 10.5. The van der Waals surface area contributed by atoms with Gasteiger partial charge < -0.3 is 45.5 Å². The molecule has 0 bridgehead atoms. The van der Waals surface area contributed by atoms with E-state index < -0.39 is 96.4 Å². The number of carbonyl (C=O) groups is 5. The highest BCUT2D eigenvalue weighted by Gasteiger charge is 2.49. The number of aromatic hydroxyl groups is 2. The Bertz CT molecular complexity index is 1940. The summed E-state index contributed by atoms with van der Waals surface area (Å²) in [6.45, 7) is 0.591. The molecular weight excluding hydrogens is 754 g/mol. The topological polar surface area (TPSA) is 256 Å². The summed E-state index contributed by atoms with van der Waals surface area (Å²) in [7, 11) is 1.32. The number of phenolic OH excluding ortho intramolecular Hbond substituents is 2. The van der Waals surface area contributed by atoms with Gasteiger partial charge in [0.1, 0.15) is 22.8 Å². The van der Waals surface area contributed by atoms with Crippen molar-refractivity contribution in [1.29, 1.82) is 0 Å². The van der Waals surface area contributed by atoms with Gasteiger partial charge in [-0.3, -0.25) is 33.9 Å². The van der Waals surface area contributed by atoms with Crippen LogP contribution in [0.1, 0.15) is 102 Å². The summed E-state index contributed by atoms with van der Waals surface area (Å²) in [5.41, 5.74) is 2.42. The van der Waals surface area contributed by atoms with Crippen LogP contribution in [0.4, 0.5) is 0 Å². The van der Waals surface area contributed by atoms with Crippen LogP contribution in [-0.4, -0.2) is 122 Å². The number of imide groups is 1. The molecule has 0 saturated carbocycles. The van der Waals surface area contributed by atoms with E-state index in [-0.39, 0.29) is 90.5 Å². The molecule has 1 saturated heterocycles. The van der Waals surface area contributed by atoms with Gasteiger partial charge >= 0.3 is 0 Å². The lowest BCUT2D eigenvalue weighted by molar-refractivity contribution is -0.245. The lowest BCUT2D eigenvalue weighted by atomic mass is 9.71. The van der Waals surface area contributed by atoms with Crippen LogP contribution in [0.25, 0.3) is 0 Å². The predicted molar refractivity (Wildman–Crippen MR) is 202 cm³/mol. The number of phenols is 2. The fourth-order valence-electron chi connectivity index (χ4n) is 7.64. The number of rotatable bonds is 13. The Morgan fingerprint density at radius 1 is 1.04 bits per heavy atom. The van der Waals surface area contributed by atoms with Crippen LogP contribution in [0.5, 0.6) is 17.2 Å². The van der Waals surface area contributed by atoms with Crippen molar-refractivity contribution in [3.8, 4) is 17.2 Å². The van der Waals surface area contributed by atoms with Crippen LogP contribution in [-0.2, 0) is 30.3 Å². The highest BCUT2D eigenvalue weighted by atomic mass is 35.5. The summed E-state index contributed by atoms with van der Waals surface area (Å²) in [6.07, 6.45) is -1.14. The maximum absolute atomic E-state index is 14.0. The zero-order chi connectivity index (χ0) is 39.1. The predicted octanol–water partition coefficient (Wildman–Crippen LogP) is 1.99. The number of methoxy groups -OCH3 is 1. The Kier molecular flexibility index (Phi) is 14.0. The number of halogens is 1. The molecule has 0 aromatic heterocycles. The van der Waals surface area contributed by atoms with E-state index in [2.05, 4.69) is 4.99 Å². The van der Waals surface area contributed by atoms with E-state index in [1.165, 1.54) is 37.5 Å². The van der Waals surface area contributed by atoms with Crippen molar-refractivity contribution in [2.75, 3.05) is 26.8 Å². The highest BCUT2D eigenvalue weighted by Crippen LogP contribution is 2.52. The molecule has 6 atom stereocenters. The SMILES string of the molecule is C.COc1cccc2c1C(=O)c1c(O)c3c(c(O)c1C2=O)C[C@@](O)(C(CO)=NCC(=O)CCCCCN1C(=O)C=CC1=O)C[C@@H]3O[C@H]1C[C@H](N)[C@H](O)[C@H](C)O1.Cl. The smallest absolute Gasteiger partial charge is 0.253 e. The lowest BCUT2D eigenvalue weighted by Crippen LogP contribution is -2.53. The number of aliphatic imine (C=N–C) groups is 1. The zero-order valence-corrected chi connectivity index (χ0v) is 31.0. The molecule has 2 aromatic rings. The van der Waals surface area contributed by atoms with Gasteiger partial charge in [-0.15, -0.1) is 12.4 Å². The molecule has 16 nitrogen and oxygen atoms in total. The first-order valence-corrected chi connectivity index (χ1v) is 17.7. The first kappa shape index (κ1) is 44.2. The number of nitrogens with two attached hydrogens (primary N) is 1. The first-order valence-electron chi connectivity index (χ1n) is 17.7. The van der Waals surface area contributed by atoms with E-state index >= 15 is 0 Å². The van der Waals surface area contributed by atoms with Crippen LogP contribution in [0.3, 0.4) is 0 Å². The number of hydrogen-bond acceptors (Lipinski definition) is 15. The van der Waals surface area contributed by atoms with Crippen LogP contribution in [0, 0.1) is 0 Å². The number of Topliss-reactive ketones (excluding diaryl/α,β-unsaturated/α-hetero) is 1. The van der Waals surface area contributed by atoms with Gasteiger partial charge in [-0.2, -0.15) is 0 Å². The molecule has 2 aromatic carbocycles. The number of hydrogen-bond donors (Lipinski definition) is 6. The number of ketones is 3. The van der Waals surface area contributed by atoms with Crippen molar-refractivity contribution in [2.24, 2.45) is 10.7 Å². The van der Waals surface area contributed by atoms with Crippen molar-refractivity contribution in [3.63, 3.8) is 0 Å². The number of ether oxygens (including phenoxy) is 3. The molecule has 0 radical (unpaired) electrons. The average molecular weight is 802 g/mol. The molecule has 1 fully saturated rings. The van der Waals surface area contributed by atoms with Crippen LogP contribution in [0.2, 0.25) is 0 Å². The van der Waals surface area contributed by atoms with Crippen LogP contribution >= 0.6 is 12.4 Å². The monoisotopic (exact) mass is 801 g/mol. The number of amides is 2. The van der Waals surface area contributed by atoms with Gasteiger partial charge in [0.05, 0.1) is 61.0 Å². The van der Waals surface area contributed by atoms with Crippen molar-refractivity contribution in [3.05, 3.63) is 63.7 Å². The van der Waals surface area contributed by atoms with Crippen molar-refractivity contribution in [2.45, 2.75) is 95.5 Å². The molecule has 56 heavy (non-hydrogen) atoms. The van der Waals surface area contributed by atoms with Gasteiger partial charge in [-0.05, 0) is 25.8 Å². The van der Waals surface area contributed by atoms with E-state index in [9.17, 15) is 49.5 Å². The van der Waals surface area contributed by atoms with E-state index in [1.807, 2.05) is 0 Å². The van der Waals surface area contributed by atoms with Gasteiger partial charge in [0, 0.05) is 67.1 Å². The number of unbranched alkanes of at least 4 members (excludes halogenated alkanes) is 2. The number of nitrogens with zero attached hydrogens (tertiary/aromatic N) is 2. The Labute approximate surface area is 329 Å². The Morgan fingerprint density at radius 2 is 1.71 bits per heavy atom. The molecular formula is C39H48ClN3O13. The number of fused-ring (bicyclic) bond motifs is 3. The van der Waals surface area contributed by atoms with Crippen molar-refractivity contribution < 1.29 is 63.7 Å². The quantitative estimate of drug-likeness (QED) is 0.0626. The lowest BCUT2D eigenvalue weighted by Gasteiger charge is -2.43. The molecule has 2 amide bonds. The summed E-state index contributed by atoms with van der Waals surface area (Å²) < 4.78 is 17.4. The first-order chi connectivity index (χ1) is 25.7. The molecule has 6 rings (SSSR count). The number of carbonyl (C=O) groups excluding carboxylic acids is 5. The Hall–Kier alpha value is -4.55. The Balaban J connectivity index is 0.00000348. The largest absolute Gasteiger partial charge is 0.507 e. The molecule has 2 aliphatic heterocycles. The number of aliphatic hydroxyl groups is 3. The molecule has 17 heteroatoms. The van der Waals surface area contributed by atoms with E-state index in [4.69, 9.17) is 19.9 Å². The fourth-order valence-corrected chi connectivity index (χ4v) is 7.64. The molecule has 4 aliphatic rings. The van der Waals surface area contributed by atoms with E-state index in [1.54, 1.807) is 6.92 Å². The van der Waals surface area contributed by atoms with Gasteiger partial charge in [-0.25, -0.2) is 0 Å². The minimum absolute atomic E-state index is 0. The molecule has 2 aliphatic carbocycles. The second-order valence-electron chi connectivity index (χ2n) is 14.0. The van der Waals surface area contributed by atoms with E-state index in [0.717, 1.165) is 4.90 Å². The summed E-state index contributed by atoms with van der Waals surface area (Å²) in [4.78, 5) is 69.5. The maximum atomic E-state index is 14.0. The third kappa shape index (κ3) is 8.14. The molecule has 304 valence electrons. The van der Waals surface area contributed by atoms with Crippen LogP contribution in [0.15, 0.2) is 35.3 Å². The molecule has 7 N–H and O–H groups in total. The Morgan fingerprint density at radius 3 is 2.36 bits per heavy atom. The van der Waals surface area contributed by atoms with Gasteiger partial charge in [0.15, 0.2) is 17.9 Å². The summed E-state index contributed by atoms with van der Waals surface area (Å²) in [5, 5.41) is 56.6. The van der Waals surface area contributed by atoms with Crippen molar-refractivity contribution in [1.82, 2.24) is 4.90 Å². The average Bonchev–Trinajstić information content (AvgIpc) is 3.46. The van der Waals surface area contributed by atoms with Gasteiger partial charge in [0.2, 0.25) is 5.78 Å². The summed E-state index contributed by atoms with van der Waals surface area (Å²) >= 11 is 0. The normalized spacial score (nSPS) is 25.6. The number of aliphatic hydroxyl groups excluding tert-OH is 2. The molecule has 0 unspecified atom stereocenters. The maximum Gasteiger partial charge on any atom is 0.253 e. The zero-order valence-electron chi connectivity index (χ0n) is 30.2. The standard InChI is InChI=1S/C38H43N3O13.CH4.ClH/c1-18-33(46)22(39)13-28(53-18)54-24-15-38(51,25(17-42)40-16-19(43)7-4-3-5-12-41-26(44)10-11-27(41)45)14-21-30(24)37(50)32-31(35(21)48)34(47)20-8-6-9-23(52-2)29(20)36(32)49;;/h6,8-11,18,22,24,28,33,42,46,48,50-51H,3-5,7,12-17,39H2,1-2H3;1H4;1H/t18-,22-,24-,28-,33+,38-;;/m0../s1. The molecule has 0 spiro atoms. The van der Waals surface area contributed by atoms with E-state index in [0.29, 0.717) is 19.3 Å². The van der Waals surface area contributed by atoms with Crippen LogP contribution < -0.4 is 10.5 Å². The minimum Gasteiger partial charge on any atom is -0.507 e. The third-order valence-corrected chi connectivity index (χ3v) is 10.5. The van der Waals surface area contributed by atoms with Gasteiger partial charge in [0.25, 0.3) is 11.8 Å². The second-order valence-corrected chi connectivity index (χ2v) is 14.0. The summed E-state index contributed by atoms with van der Waals surface area (Å²) in [6, 6.07) is 3.60. The number of benzene rings is 2.